The smallest absolute Gasteiger partial charge is 0.309 e. The fourth-order valence-electron chi connectivity index (χ4n) is 3.20. The van der Waals surface area contributed by atoms with Gasteiger partial charge in [0.1, 0.15) is 0 Å². The van der Waals surface area contributed by atoms with Crippen molar-refractivity contribution in [2.45, 2.75) is 38.6 Å². The Kier molecular flexibility index (Phi) is 3.88. The molecule has 1 aliphatic heterocycles. The number of hydrogen-bond donors (Lipinski definition) is 2. The zero-order valence-electron chi connectivity index (χ0n) is 13.8. The molecule has 0 saturated heterocycles. The average molecular weight is 309 g/mol. The lowest BCUT2D eigenvalue weighted by Crippen LogP contribution is -2.33. The van der Waals surface area contributed by atoms with E-state index in [1.54, 1.807) is 0 Å². The van der Waals surface area contributed by atoms with E-state index in [1.165, 1.54) is 5.56 Å². The van der Waals surface area contributed by atoms with Crippen molar-refractivity contribution < 1.29 is 9.90 Å². The van der Waals surface area contributed by atoms with Crippen LogP contribution in [0.3, 0.4) is 0 Å². The number of carbonyl (C=O) groups is 1. The van der Waals surface area contributed by atoms with E-state index < -0.39 is 11.9 Å². The molecule has 0 spiro atoms. The Bertz CT molecular complexity index is 716. The van der Waals surface area contributed by atoms with Gasteiger partial charge in [-0.1, -0.05) is 63.2 Å². The molecule has 2 atom stereocenters. The third-order valence-corrected chi connectivity index (χ3v) is 4.60. The molecule has 0 radical (unpaired) electrons. The Morgan fingerprint density at radius 3 is 2.43 bits per heavy atom. The van der Waals surface area contributed by atoms with E-state index in [4.69, 9.17) is 0 Å². The molecule has 0 unspecified atom stereocenters. The van der Waals surface area contributed by atoms with Gasteiger partial charge in [-0.05, 0) is 34.6 Å². The average Bonchev–Trinajstić information content (AvgIpc) is 2.53. The van der Waals surface area contributed by atoms with Gasteiger partial charge in [-0.2, -0.15) is 0 Å². The quantitative estimate of drug-likeness (QED) is 0.864. The molecule has 1 aliphatic rings. The van der Waals surface area contributed by atoms with E-state index in [9.17, 15) is 9.90 Å². The number of hydrogen-bond acceptors (Lipinski definition) is 2. The van der Waals surface area contributed by atoms with Gasteiger partial charge in [-0.15, -0.1) is 0 Å². The summed E-state index contributed by atoms with van der Waals surface area (Å²) in [5.41, 5.74) is 4.46. The lowest BCUT2D eigenvalue weighted by Gasteiger charge is -2.34. The van der Waals surface area contributed by atoms with Crippen molar-refractivity contribution in [2.24, 2.45) is 5.92 Å². The van der Waals surface area contributed by atoms with Crippen LogP contribution < -0.4 is 5.32 Å². The third-order valence-electron chi connectivity index (χ3n) is 4.60. The second-order valence-electron chi connectivity index (χ2n) is 7.30. The van der Waals surface area contributed by atoms with Crippen molar-refractivity contribution >= 4 is 11.7 Å². The summed E-state index contributed by atoms with van der Waals surface area (Å²) in [6, 6.07) is 16.0. The molecule has 3 rings (SSSR count). The summed E-state index contributed by atoms with van der Waals surface area (Å²) in [5.74, 6) is -1.21. The molecule has 2 N–H and O–H groups in total. The Morgan fingerprint density at radius 1 is 1.13 bits per heavy atom. The van der Waals surface area contributed by atoms with Crippen molar-refractivity contribution in [1.29, 1.82) is 0 Å². The minimum atomic E-state index is -0.752. The summed E-state index contributed by atoms with van der Waals surface area (Å²) in [6.45, 7) is 6.52. The topological polar surface area (TPSA) is 49.3 Å². The summed E-state index contributed by atoms with van der Waals surface area (Å²) >= 11 is 0. The summed E-state index contributed by atoms with van der Waals surface area (Å²) in [4.78, 5) is 11.8. The molecule has 120 valence electrons. The van der Waals surface area contributed by atoms with E-state index in [-0.39, 0.29) is 11.5 Å². The van der Waals surface area contributed by atoms with Crippen LogP contribution in [0.1, 0.15) is 43.5 Å². The fraction of sp³-hybridized carbons (Fsp3) is 0.350. The highest BCUT2D eigenvalue weighted by Gasteiger charge is 2.34. The zero-order chi connectivity index (χ0) is 16.6. The van der Waals surface area contributed by atoms with Gasteiger partial charge < -0.3 is 10.4 Å². The molecule has 0 bridgehead atoms. The first kappa shape index (κ1) is 15.6. The Morgan fingerprint density at radius 2 is 1.83 bits per heavy atom. The maximum Gasteiger partial charge on any atom is 0.309 e. The number of aliphatic carboxylic acids is 1. The van der Waals surface area contributed by atoms with Crippen molar-refractivity contribution in [3.63, 3.8) is 0 Å². The fourth-order valence-corrected chi connectivity index (χ4v) is 3.20. The molecule has 0 aromatic heterocycles. The first-order valence-corrected chi connectivity index (χ1v) is 8.04. The zero-order valence-corrected chi connectivity index (χ0v) is 13.8. The van der Waals surface area contributed by atoms with Crippen LogP contribution >= 0.6 is 0 Å². The molecule has 0 aliphatic carbocycles. The summed E-state index contributed by atoms with van der Waals surface area (Å²) in [6.07, 6.45) is 0.557. The van der Waals surface area contributed by atoms with Gasteiger partial charge in [-0.25, -0.2) is 0 Å². The lowest BCUT2D eigenvalue weighted by molar-refractivity contribution is -0.142. The highest BCUT2D eigenvalue weighted by atomic mass is 16.4. The monoisotopic (exact) mass is 309 g/mol. The van der Waals surface area contributed by atoms with E-state index in [0.29, 0.717) is 6.42 Å². The summed E-state index contributed by atoms with van der Waals surface area (Å²) in [7, 11) is 0. The molecular formula is C20H23NO2. The van der Waals surface area contributed by atoms with E-state index in [2.05, 4.69) is 44.3 Å². The van der Waals surface area contributed by atoms with Crippen LogP contribution in [0, 0.1) is 5.92 Å². The summed E-state index contributed by atoms with van der Waals surface area (Å²) in [5, 5.41) is 13.1. The Hall–Kier alpha value is -2.29. The number of rotatable bonds is 2. The maximum atomic E-state index is 11.8. The SMILES string of the molecule is CC(C)(C)c1ccc2c(c1)C[C@@H](C(=O)O)[C@@H](c1ccccc1)N2. The van der Waals surface area contributed by atoms with Gasteiger partial charge >= 0.3 is 5.97 Å². The van der Waals surface area contributed by atoms with Crippen LogP contribution in [-0.2, 0) is 16.6 Å². The first-order valence-electron chi connectivity index (χ1n) is 8.04. The van der Waals surface area contributed by atoms with Gasteiger partial charge in [-0.3, -0.25) is 4.79 Å². The number of fused-ring (bicyclic) bond motifs is 1. The molecule has 0 amide bonds. The minimum absolute atomic E-state index is 0.0596. The van der Waals surface area contributed by atoms with Gasteiger partial charge in [0.2, 0.25) is 0 Å². The molecule has 2 aromatic rings. The van der Waals surface area contributed by atoms with Gasteiger partial charge in [0, 0.05) is 5.69 Å². The number of nitrogens with one attached hydrogen (secondary N) is 1. The number of benzene rings is 2. The van der Waals surface area contributed by atoms with Crippen LogP contribution in [0.4, 0.5) is 5.69 Å². The Balaban J connectivity index is 2.00. The normalized spacial score (nSPS) is 20.5. The maximum absolute atomic E-state index is 11.8. The van der Waals surface area contributed by atoms with Crippen molar-refractivity contribution in [3.8, 4) is 0 Å². The lowest BCUT2D eigenvalue weighted by atomic mass is 9.80. The van der Waals surface area contributed by atoms with Crippen molar-refractivity contribution in [1.82, 2.24) is 0 Å². The number of anilines is 1. The molecule has 1 heterocycles. The molecule has 3 nitrogen and oxygen atoms in total. The van der Waals surface area contributed by atoms with Crippen molar-refractivity contribution in [2.75, 3.05) is 5.32 Å². The van der Waals surface area contributed by atoms with E-state index in [0.717, 1.165) is 16.8 Å². The van der Waals surface area contributed by atoms with Crippen LogP contribution in [0.15, 0.2) is 48.5 Å². The van der Waals surface area contributed by atoms with E-state index >= 15 is 0 Å². The molecular weight excluding hydrogens is 286 g/mol. The first-order chi connectivity index (χ1) is 10.9. The van der Waals surface area contributed by atoms with Gasteiger partial charge in [0.15, 0.2) is 0 Å². The number of carboxylic acids is 1. The van der Waals surface area contributed by atoms with Crippen LogP contribution in [0.5, 0.6) is 0 Å². The van der Waals surface area contributed by atoms with Crippen LogP contribution in [0.2, 0.25) is 0 Å². The third kappa shape index (κ3) is 3.09. The second kappa shape index (κ2) is 5.73. The van der Waals surface area contributed by atoms with Gasteiger partial charge in [0.25, 0.3) is 0 Å². The van der Waals surface area contributed by atoms with E-state index in [1.807, 2.05) is 30.3 Å². The largest absolute Gasteiger partial charge is 0.481 e. The molecule has 0 saturated carbocycles. The molecule has 0 fully saturated rings. The number of carboxylic acid groups (broad SMARTS) is 1. The molecule has 23 heavy (non-hydrogen) atoms. The standard InChI is InChI=1S/C20H23NO2/c1-20(2,3)15-9-10-17-14(11-15)12-16(19(22)23)18(21-17)13-7-5-4-6-8-13/h4-11,16,18,21H,12H2,1-3H3,(H,22,23)/t16-,18-/m1/s1. The highest BCUT2D eigenvalue weighted by Crippen LogP contribution is 2.38. The Labute approximate surface area is 137 Å². The van der Waals surface area contributed by atoms with Gasteiger partial charge in [0.05, 0.1) is 12.0 Å². The molecule has 2 aromatic carbocycles. The highest BCUT2D eigenvalue weighted by molar-refractivity contribution is 5.75. The minimum Gasteiger partial charge on any atom is -0.481 e. The second-order valence-corrected chi connectivity index (χ2v) is 7.30. The predicted molar refractivity (Wildman–Crippen MR) is 92.8 cm³/mol. The van der Waals surface area contributed by atoms with Crippen LogP contribution in [0.25, 0.3) is 0 Å². The predicted octanol–water partition coefficient (Wildman–Crippen LogP) is 4.39. The van der Waals surface area contributed by atoms with Crippen molar-refractivity contribution in [3.05, 3.63) is 65.2 Å². The van der Waals surface area contributed by atoms with Crippen LogP contribution in [-0.4, -0.2) is 11.1 Å². The summed E-state index contributed by atoms with van der Waals surface area (Å²) < 4.78 is 0. The molecule has 3 heteroatoms.